The van der Waals surface area contributed by atoms with E-state index in [2.05, 4.69) is 0 Å². The average molecular weight is 419 g/mol. The fraction of sp³-hybridized carbons (Fsp3) is 0.292. The van der Waals surface area contributed by atoms with E-state index in [1.165, 1.54) is 10.6 Å². The lowest BCUT2D eigenvalue weighted by molar-refractivity contribution is -0.119. The number of morpholine rings is 1. The van der Waals surface area contributed by atoms with Crippen LogP contribution in [-0.2, 0) is 16.1 Å². The van der Waals surface area contributed by atoms with Crippen LogP contribution in [-0.4, -0.2) is 54.1 Å². The number of amides is 2. The number of carbonyl (C=O) groups excluding carboxylic acids is 2. The summed E-state index contributed by atoms with van der Waals surface area (Å²) in [6, 6.07) is 18.0. The predicted molar refractivity (Wildman–Crippen MR) is 119 cm³/mol. The first-order valence-electron chi connectivity index (χ1n) is 10.4. The SMILES string of the molecule is CCN(C(=O)Cn1c(=O)cc(C(=O)N2CCOCC2)c2ccccc21)c1ccccc1. The number of hydrogen-bond acceptors (Lipinski definition) is 4. The van der Waals surface area contributed by atoms with Crippen molar-refractivity contribution in [2.45, 2.75) is 13.5 Å². The van der Waals surface area contributed by atoms with Crippen molar-refractivity contribution in [3.05, 3.63) is 76.6 Å². The summed E-state index contributed by atoms with van der Waals surface area (Å²) < 4.78 is 6.77. The third-order valence-electron chi connectivity index (χ3n) is 5.53. The minimum absolute atomic E-state index is 0.103. The van der Waals surface area contributed by atoms with E-state index in [-0.39, 0.29) is 23.9 Å². The molecule has 160 valence electrons. The molecule has 2 aromatic carbocycles. The monoisotopic (exact) mass is 419 g/mol. The Kier molecular flexibility index (Phi) is 6.13. The van der Waals surface area contributed by atoms with E-state index < -0.39 is 0 Å². The summed E-state index contributed by atoms with van der Waals surface area (Å²) in [4.78, 5) is 42.5. The van der Waals surface area contributed by atoms with Crippen molar-refractivity contribution in [3.63, 3.8) is 0 Å². The number of aromatic nitrogens is 1. The fourth-order valence-electron chi connectivity index (χ4n) is 3.94. The Labute approximate surface area is 180 Å². The fourth-order valence-corrected chi connectivity index (χ4v) is 3.94. The molecule has 3 aromatic rings. The molecule has 0 aliphatic carbocycles. The number of likely N-dealkylation sites (N-methyl/N-ethyl adjacent to an activating group) is 1. The first-order chi connectivity index (χ1) is 15.1. The number of fused-ring (bicyclic) bond motifs is 1. The molecule has 0 saturated carbocycles. The Balaban J connectivity index is 1.71. The summed E-state index contributed by atoms with van der Waals surface area (Å²) in [5.41, 5.74) is 1.35. The molecular formula is C24H25N3O4. The second kappa shape index (κ2) is 9.14. The van der Waals surface area contributed by atoms with Crippen molar-refractivity contribution in [3.8, 4) is 0 Å². The molecule has 2 amide bonds. The maximum absolute atomic E-state index is 13.1. The second-order valence-corrected chi connectivity index (χ2v) is 7.38. The molecule has 0 unspecified atom stereocenters. The number of carbonyl (C=O) groups is 2. The summed E-state index contributed by atoms with van der Waals surface area (Å²) >= 11 is 0. The molecule has 0 N–H and O–H groups in total. The first kappa shape index (κ1) is 20.8. The van der Waals surface area contributed by atoms with Gasteiger partial charge < -0.3 is 14.5 Å². The molecule has 0 bridgehead atoms. The third kappa shape index (κ3) is 4.22. The number of rotatable bonds is 5. The van der Waals surface area contributed by atoms with Crippen molar-refractivity contribution in [2.75, 3.05) is 37.7 Å². The zero-order chi connectivity index (χ0) is 21.8. The number of pyridine rings is 1. The van der Waals surface area contributed by atoms with Crippen LogP contribution in [0.15, 0.2) is 65.5 Å². The smallest absolute Gasteiger partial charge is 0.254 e. The Morgan fingerprint density at radius 2 is 1.68 bits per heavy atom. The largest absolute Gasteiger partial charge is 0.378 e. The van der Waals surface area contributed by atoms with E-state index in [0.29, 0.717) is 49.3 Å². The molecule has 0 spiro atoms. The van der Waals surface area contributed by atoms with Crippen LogP contribution in [0.25, 0.3) is 10.9 Å². The lowest BCUT2D eigenvalue weighted by Gasteiger charge is -2.27. The highest BCUT2D eigenvalue weighted by atomic mass is 16.5. The van der Waals surface area contributed by atoms with Gasteiger partial charge in [0.05, 0.1) is 24.3 Å². The molecule has 1 saturated heterocycles. The minimum atomic E-state index is -0.368. The third-order valence-corrected chi connectivity index (χ3v) is 5.53. The van der Waals surface area contributed by atoms with Crippen LogP contribution in [0.2, 0.25) is 0 Å². The summed E-state index contributed by atoms with van der Waals surface area (Å²) in [6.07, 6.45) is 0. The van der Waals surface area contributed by atoms with E-state index in [0.717, 1.165) is 5.69 Å². The summed E-state index contributed by atoms with van der Waals surface area (Å²) in [5.74, 6) is -0.372. The summed E-state index contributed by atoms with van der Waals surface area (Å²) in [5, 5.41) is 0.661. The molecule has 31 heavy (non-hydrogen) atoms. The van der Waals surface area contributed by atoms with E-state index in [9.17, 15) is 14.4 Å². The molecule has 0 radical (unpaired) electrons. The number of benzene rings is 2. The lowest BCUT2D eigenvalue weighted by Crippen LogP contribution is -2.41. The highest BCUT2D eigenvalue weighted by Gasteiger charge is 2.23. The molecule has 4 rings (SSSR count). The molecule has 1 aromatic heterocycles. The molecular weight excluding hydrogens is 394 g/mol. The number of nitrogens with zero attached hydrogens (tertiary/aromatic N) is 3. The minimum Gasteiger partial charge on any atom is -0.378 e. The Hall–Kier alpha value is -3.45. The van der Waals surface area contributed by atoms with Crippen molar-refractivity contribution < 1.29 is 14.3 Å². The Morgan fingerprint density at radius 1 is 1.00 bits per heavy atom. The van der Waals surface area contributed by atoms with Crippen LogP contribution >= 0.6 is 0 Å². The van der Waals surface area contributed by atoms with Gasteiger partial charge in [-0.3, -0.25) is 19.0 Å². The highest BCUT2D eigenvalue weighted by Crippen LogP contribution is 2.20. The van der Waals surface area contributed by atoms with Gasteiger partial charge in [0, 0.05) is 36.8 Å². The Morgan fingerprint density at radius 3 is 2.39 bits per heavy atom. The molecule has 1 aliphatic heterocycles. The molecule has 7 heteroatoms. The standard InChI is InChI=1S/C24H25N3O4/c1-2-26(18-8-4-3-5-9-18)23(29)17-27-21-11-7-6-10-19(21)20(16-22(27)28)24(30)25-12-14-31-15-13-25/h3-11,16H,2,12-15,17H2,1H3. The normalized spacial score (nSPS) is 13.9. The van der Waals surface area contributed by atoms with Gasteiger partial charge in [0.1, 0.15) is 6.54 Å². The maximum atomic E-state index is 13.1. The molecule has 1 aliphatic rings. The van der Waals surface area contributed by atoms with Crippen LogP contribution in [0, 0.1) is 0 Å². The summed E-state index contributed by atoms with van der Waals surface area (Å²) in [7, 11) is 0. The lowest BCUT2D eigenvalue weighted by atomic mass is 10.1. The summed E-state index contributed by atoms with van der Waals surface area (Å²) in [6.45, 7) is 4.25. The Bertz CT molecular complexity index is 1150. The van der Waals surface area contributed by atoms with Gasteiger partial charge in [-0.25, -0.2) is 0 Å². The van der Waals surface area contributed by atoms with Crippen LogP contribution < -0.4 is 10.5 Å². The van der Waals surface area contributed by atoms with Gasteiger partial charge in [-0.2, -0.15) is 0 Å². The van der Waals surface area contributed by atoms with Gasteiger partial charge in [0.15, 0.2) is 0 Å². The van der Waals surface area contributed by atoms with Crippen molar-refractivity contribution in [1.82, 2.24) is 9.47 Å². The molecule has 2 heterocycles. The van der Waals surface area contributed by atoms with E-state index in [4.69, 9.17) is 4.74 Å². The van der Waals surface area contributed by atoms with Gasteiger partial charge in [-0.15, -0.1) is 0 Å². The topological polar surface area (TPSA) is 71.9 Å². The van der Waals surface area contributed by atoms with Crippen LogP contribution in [0.1, 0.15) is 17.3 Å². The second-order valence-electron chi connectivity index (χ2n) is 7.38. The molecule has 1 fully saturated rings. The number of hydrogen-bond donors (Lipinski definition) is 0. The quantitative estimate of drug-likeness (QED) is 0.637. The van der Waals surface area contributed by atoms with Crippen molar-refractivity contribution in [1.29, 1.82) is 0 Å². The zero-order valence-electron chi connectivity index (χ0n) is 17.5. The van der Waals surface area contributed by atoms with Gasteiger partial charge in [-0.1, -0.05) is 36.4 Å². The number of para-hydroxylation sites is 2. The number of anilines is 1. The number of ether oxygens (including phenoxy) is 1. The highest BCUT2D eigenvalue weighted by molar-refractivity contribution is 6.06. The zero-order valence-corrected chi connectivity index (χ0v) is 17.5. The van der Waals surface area contributed by atoms with Crippen LogP contribution in [0.5, 0.6) is 0 Å². The van der Waals surface area contributed by atoms with Crippen molar-refractivity contribution >= 4 is 28.4 Å². The van der Waals surface area contributed by atoms with Crippen molar-refractivity contribution in [2.24, 2.45) is 0 Å². The molecule has 0 atom stereocenters. The molecule has 7 nitrogen and oxygen atoms in total. The van der Waals surface area contributed by atoms with Gasteiger partial charge >= 0.3 is 0 Å². The van der Waals surface area contributed by atoms with Gasteiger partial charge in [-0.05, 0) is 25.1 Å². The van der Waals surface area contributed by atoms with E-state index in [1.807, 2.05) is 49.4 Å². The maximum Gasteiger partial charge on any atom is 0.254 e. The predicted octanol–water partition coefficient (Wildman–Crippen LogP) is 2.53. The average Bonchev–Trinajstić information content (AvgIpc) is 2.82. The van der Waals surface area contributed by atoms with Gasteiger partial charge in [0.25, 0.3) is 11.5 Å². The first-order valence-corrected chi connectivity index (χ1v) is 10.4. The van der Waals surface area contributed by atoms with E-state index in [1.54, 1.807) is 21.9 Å². The van der Waals surface area contributed by atoms with Gasteiger partial charge in [0.2, 0.25) is 5.91 Å². The van der Waals surface area contributed by atoms with Crippen LogP contribution in [0.4, 0.5) is 5.69 Å². The van der Waals surface area contributed by atoms with Crippen LogP contribution in [0.3, 0.4) is 0 Å². The van der Waals surface area contributed by atoms with E-state index >= 15 is 0 Å².